The molecule has 100 valence electrons. The van der Waals surface area contributed by atoms with Gasteiger partial charge in [-0.3, -0.25) is 0 Å². The van der Waals surface area contributed by atoms with Crippen LogP contribution in [0, 0.1) is 0 Å². The van der Waals surface area contributed by atoms with Crippen molar-refractivity contribution < 1.29 is 23.0 Å². The summed E-state index contributed by atoms with van der Waals surface area (Å²) in [7, 11) is -0.444. The summed E-state index contributed by atoms with van der Waals surface area (Å²) in [6.45, 7) is 0. The highest BCUT2D eigenvalue weighted by atomic mass is 32.2. The third-order valence-corrected chi connectivity index (χ3v) is 4.59. The molecule has 0 amide bonds. The fourth-order valence-electron chi connectivity index (χ4n) is 1.94. The Morgan fingerprint density at radius 3 is 2.61 bits per heavy atom. The van der Waals surface area contributed by atoms with Crippen LogP contribution in [0.15, 0.2) is 6.20 Å². The van der Waals surface area contributed by atoms with Crippen molar-refractivity contribution in [1.29, 1.82) is 0 Å². The van der Waals surface area contributed by atoms with Gasteiger partial charge in [0.2, 0.25) is 11.8 Å². The van der Waals surface area contributed by atoms with Crippen LogP contribution in [0.25, 0.3) is 0 Å². The number of hydrogen-bond donors (Lipinski definition) is 1. The molecule has 0 aliphatic carbocycles. The number of nitrogens with zero attached hydrogens (tertiary/aromatic N) is 2. The molecule has 1 aromatic rings. The predicted molar refractivity (Wildman–Crippen MR) is 62.3 cm³/mol. The van der Waals surface area contributed by atoms with Gasteiger partial charge in [0.1, 0.15) is 11.3 Å². The van der Waals surface area contributed by atoms with Gasteiger partial charge in [0.05, 0.1) is 31.9 Å². The van der Waals surface area contributed by atoms with Crippen LogP contribution in [0.2, 0.25) is 0 Å². The first kappa shape index (κ1) is 13.0. The molecule has 2 heterocycles. The summed E-state index contributed by atoms with van der Waals surface area (Å²) < 4.78 is 32.9. The summed E-state index contributed by atoms with van der Waals surface area (Å²) in [5.74, 6) is -0.119. The standard InChI is InChI=1S/C10H14N2O5S/c1-16-7-5-11-8(9(12-7)17-2)10(13)3-4-18(14,15)6-10/h5,13H,3-4,6H2,1-2H3. The zero-order valence-electron chi connectivity index (χ0n) is 10.1. The van der Waals surface area contributed by atoms with Gasteiger partial charge in [-0.25, -0.2) is 13.4 Å². The third-order valence-electron chi connectivity index (χ3n) is 2.85. The molecule has 7 nitrogen and oxygen atoms in total. The molecule has 1 aliphatic rings. The van der Waals surface area contributed by atoms with Crippen LogP contribution < -0.4 is 9.47 Å². The van der Waals surface area contributed by atoms with E-state index >= 15 is 0 Å². The zero-order chi connectivity index (χ0) is 13.4. The van der Waals surface area contributed by atoms with Crippen molar-refractivity contribution in [3.8, 4) is 11.8 Å². The van der Waals surface area contributed by atoms with Gasteiger partial charge < -0.3 is 14.6 Å². The van der Waals surface area contributed by atoms with Gasteiger partial charge in [-0.15, -0.1) is 0 Å². The average molecular weight is 274 g/mol. The van der Waals surface area contributed by atoms with Crippen LogP contribution in [-0.2, 0) is 15.4 Å². The number of rotatable bonds is 3. The predicted octanol–water partition coefficient (Wildman–Crippen LogP) is -0.500. The lowest BCUT2D eigenvalue weighted by Gasteiger charge is -2.21. The first-order valence-corrected chi connectivity index (χ1v) is 7.11. The molecule has 2 rings (SSSR count). The Balaban J connectivity index is 2.45. The van der Waals surface area contributed by atoms with E-state index in [1.807, 2.05) is 0 Å². The summed E-state index contributed by atoms with van der Waals surface area (Å²) in [6.07, 6.45) is 1.41. The maximum atomic E-state index is 11.5. The van der Waals surface area contributed by atoms with E-state index in [1.54, 1.807) is 0 Å². The Kier molecular flexibility index (Phi) is 3.16. The summed E-state index contributed by atoms with van der Waals surface area (Å²) >= 11 is 0. The van der Waals surface area contributed by atoms with E-state index in [2.05, 4.69) is 9.97 Å². The lowest BCUT2D eigenvalue weighted by molar-refractivity contribution is 0.0567. The van der Waals surface area contributed by atoms with E-state index in [9.17, 15) is 13.5 Å². The number of ether oxygens (including phenoxy) is 2. The molecule has 8 heteroatoms. The smallest absolute Gasteiger partial charge is 0.241 e. The largest absolute Gasteiger partial charge is 0.480 e. The molecular formula is C10H14N2O5S. The molecule has 0 radical (unpaired) electrons. The van der Waals surface area contributed by atoms with Gasteiger partial charge >= 0.3 is 0 Å². The average Bonchev–Trinajstić information content (AvgIpc) is 2.63. The first-order valence-electron chi connectivity index (χ1n) is 5.28. The minimum absolute atomic E-state index is 0.0691. The van der Waals surface area contributed by atoms with E-state index in [0.717, 1.165) is 0 Å². The molecular weight excluding hydrogens is 260 g/mol. The highest BCUT2D eigenvalue weighted by Gasteiger charge is 2.45. The van der Waals surface area contributed by atoms with Crippen LogP contribution in [0.3, 0.4) is 0 Å². The molecule has 1 N–H and O–H groups in total. The van der Waals surface area contributed by atoms with E-state index < -0.39 is 15.4 Å². The second-order valence-corrected chi connectivity index (χ2v) is 6.33. The lowest BCUT2D eigenvalue weighted by atomic mass is 9.99. The number of methoxy groups -OCH3 is 2. The monoisotopic (exact) mass is 274 g/mol. The van der Waals surface area contributed by atoms with Crippen molar-refractivity contribution in [3.63, 3.8) is 0 Å². The van der Waals surface area contributed by atoms with Gasteiger partial charge in [0.25, 0.3) is 0 Å². The Labute approximate surface area is 105 Å². The Morgan fingerprint density at radius 2 is 2.11 bits per heavy atom. The zero-order valence-corrected chi connectivity index (χ0v) is 10.9. The van der Waals surface area contributed by atoms with Crippen LogP contribution in [-0.4, -0.2) is 49.2 Å². The van der Waals surface area contributed by atoms with Crippen molar-refractivity contribution >= 4 is 9.84 Å². The van der Waals surface area contributed by atoms with Crippen LogP contribution >= 0.6 is 0 Å². The number of aromatic nitrogens is 2. The quantitative estimate of drug-likeness (QED) is 0.793. The first-order chi connectivity index (χ1) is 8.40. The maximum Gasteiger partial charge on any atom is 0.241 e. The number of sulfone groups is 1. The topological polar surface area (TPSA) is 98.6 Å². The molecule has 1 aromatic heterocycles. The number of hydrogen-bond acceptors (Lipinski definition) is 7. The summed E-state index contributed by atoms with van der Waals surface area (Å²) in [5.41, 5.74) is -1.41. The van der Waals surface area contributed by atoms with Gasteiger partial charge in [0, 0.05) is 0 Å². The highest BCUT2D eigenvalue weighted by Crippen LogP contribution is 2.36. The Morgan fingerprint density at radius 1 is 1.39 bits per heavy atom. The fourth-order valence-corrected chi connectivity index (χ4v) is 3.74. The Hall–Kier alpha value is -1.41. The van der Waals surface area contributed by atoms with Crippen molar-refractivity contribution in [2.75, 3.05) is 25.7 Å². The van der Waals surface area contributed by atoms with Crippen molar-refractivity contribution in [1.82, 2.24) is 9.97 Å². The molecule has 1 saturated heterocycles. The molecule has 0 aromatic carbocycles. The minimum Gasteiger partial charge on any atom is -0.480 e. The van der Waals surface area contributed by atoms with Crippen molar-refractivity contribution in [3.05, 3.63) is 11.9 Å². The van der Waals surface area contributed by atoms with Gasteiger partial charge in [-0.1, -0.05) is 0 Å². The third kappa shape index (κ3) is 2.25. The second-order valence-electron chi connectivity index (χ2n) is 4.14. The van der Waals surface area contributed by atoms with Gasteiger partial charge in [-0.05, 0) is 6.42 Å². The van der Waals surface area contributed by atoms with Crippen molar-refractivity contribution in [2.24, 2.45) is 0 Å². The fraction of sp³-hybridized carbons (Fsp3) is 0.600. The summed E-state index contributed by atoms with van der Waals surface area (Å²) in [4.78, 5) is 8.00. The molecule has 1 aliphatic heterocycles. The SMILES string of the molecule is COc1cnc(C2(O)CCS(=O)(=O)C2)c(OC)n1. The molecule has 0 saturated carbocycles. The molecule has 1 atom stereocenters. The van der Waals surface area contributed by atoms with Crippen LogP contribution in [0.1, 0.15) is 12.1 Å². The van der Waals surface area contributed by atoms with Gasteiger partial charge in [0.15, 0.2) is 9.84 Å². The van der Waals surface area contributed by atoms with Crippen molar-refractivity contribution in [2.45, 2.75) is 12.0 Å². The van der Waals surface area contributed by atoms with Crippen LogP contribution in [0.5, 0.6) is 11.8 Å². The maximum absolute atomic E-state index is 11.5. The Bertz CT molecular complexity index is 559. The van der Waals surface area contributed by atoms with E-state index in [4.69, 9.17) is 9.47 Å². The normalized spacial score (nSPS) is 25.9. The van der Waals surface area contributed by atoms with E-state index in [1.165, 1.54) is 20.4 Å². The summed E-state index contributed by atoms with van der Waals surface area (Å²) in [5, 5.41) is 10.4. The highest BCUT2D eigenvalue weighted by molar-refractivity contribution is 7.91. The number of aliphatic hydroxyl groups is 1. The summed E-state index contributed by atoms with van der Waals surface area (Å²) in [6, 6.07) is 0. The second kappa shape index (κ2) is 4.36. The van der Waals surface area contributed by atoms with E-state index in [0.29, 0.717) is 0 Å². The minimum atomic E-state index is -3.25. The molecule has 0 bridgehead atoms. The van der Waals surface area contributed by atoms with Gasteiger partial charge in [-0.2, -0.15) is 4.98 Å². The van der Waals surface area contributed by atoms with E-state index in [-0.39, 0.29) is 35.4 Å². The molecule has 1 unspecified atom stereocenters. The van der Waals surface area contributed by atoms with Crippen LogP contribution in [0.4, 0.5) is 0 Å². The molecule has 18 heavy (non-hydrogen) atoms. The molecule has 1 fully saturated rings. The molecule has 0 spiro atoms. The lowest BCUT2D eigenvalue weighted by Crippen LogP contribution is -2.29.